The highest BCUT2D eigenvalue weighted by Crippen LogP contribution is 2.03. The summed E-state index contributed by atoms with van der Waals surface area (Å²) in [5.74, 6) is 0. The molecule has 0 N–H and O–H groups in total. The number of ether oxygens (including phenoxy) is 1. The first kappa shape index (κ1) is 8.10. The lowest BCUT2D eigenvalue weighted by molar-refractivity contribution is 0.173. The molecule has 3 heteroatoms. The normalized spacial score (nSPS) is 14.6. The molecule has 13 heavy (non-hydrogen) atoms. The number of hydrazone groups is 1. The van der Waals surface area contributed by atoms with E-state index >= 15 is 0 Å². The van der Waals surface area contributed by atoms with Gasteiger partial charge in [-0.2, -0.15) is 0 Å². The molecule has 1 heterocycles. The Labute approximate surface area is 77.6 Å². The maximum absolute atomic E-state index is 4.98. The molecule has 0 radical (unpaired) electrons. The standard InChI is InChI=1S/C10H12N2O/c1-2-4-10(5-3-1)6-7-12-9-13-8-11-12/h1-5,8H,6-7,9H2. The van der Waals surface area contributed by atoms with Gasteiger partial charge in [0.2, 0.25) is 0 Å². The van der Waals surface area contributed by atoms with Crippen molar-refractivity contribution >= 4 is 6.40 Å². The molecule has 68 valence electrons. The van der Waals surface area contributed by atoms with E-state index in [4.69, 9.17) is 4.74 Å². The van der Waals surface area contributed by atoms with Crippen molar-refractivity contribution in [1.82, 2.24) is 5.01 Å². The molecule has 0 aliphatic carbocycles. The second-order valence-electron chi connectivity index (χ2n) is 2.98. The minimum absolute atomic E-state index is 0.590. The van der Waals surface area contributed by atoms with Gasteiger partial charge in [0.05, 0.1) is 0 Å². The second kappa shape index (κ2) is 3.94. The number of hydrogen-bond donors (Lipinski definition) is 0. The van der Waals surface area contributed by atoms with Crippen molar-refractivity contribution < 1.29 is 4.74 Å². The van der Waals surface area contributed by atoms with Gasteiger partial charge in [-0.15, -0.1) is 5.10 Å². The first-order valence-corrected chi connectivity index (χ1v) is 4.38. The van der Waals surface area contributed by atoms with Crippen LogP contribution in [0.1, 0.15) is 5.56 Å². The molecule has 1 aromatic carbocycles. The molecule has 0 atom stereocenters. The molecular weight excluding hydrogens is 164 g/mol. The zero-order valence-electron chi connectivity index (χ0n) is 7.39. The lowest BCUT2D eigenvalue weighted by atomic mass is 10.1. The van der Waals surface area contributed by atoms with Crippen molar-refractivity contribution in [3.63, 3.8) is 0 Å². The van der Waals surface area contributed by atoms with E-state index in [0.717, 1.165) is 13.0 Å². The van der Waals surface area contributed by atoms with E-state index < -0.39 is 0 Å². The average molecular weight is 176 g/mol. The van der Waals surface area contributed by atoms with Gasteiger partial charge in [0.15, 0.2) is 13.1 Å². The fraction of sp³-hybridized carbons (Fsp3) is 0.300. The molecule has 0 bridgehead atoms. The fourth-order valence-corrected chi connectivity index (χ4v) is 1.28. The van der Waals surface area contributed by atoms with E-state index in [2.05, 4.69) is 29.4 Å². The smallest absolute Gasteiger partial charge is 0.195 e. The molecule has 0 unspecified atom stereocenters. The quantitative estimate of drug-likeness (QED) is 0.696. The van der Waals surface area contributed by atoms with Gasteiger partial charge >= 0.3 is 0 Å². The van der Waals surface area contributed by atoms with E-state index in [1.54, 1.807) is 0 Å². The van der Waals surface area contributed by atoms with Gasteiger partial charge in [-0.25, -0.2) is 0 Å². The predicted octanol–water partition coefficient (Wildman–Crippen LogP) is 1.46. The maximum Gasteiger partial charge on any atom is 0.195 e. The van der Waals surface area contributed by atoms with Crippen LogP contribution in [0.3, 0.4) is 0 Å². The molecule has 0 amide bonds. The number of nitrogens with zero attached hydrogens (tertiary/aromatic N) is 2. The summed E-state index contributed by atoms with van der Waals surface area (Å²) in [6, 6.07) is 10.4. The zero-order valence-corrected chi connectivity index (χ0v) is 7.39. The van der Waals surface area contributed by atoms with Gasteiger partial charge < -0.3 is 4.74 Å². The van der Waals surface area contributed by atoms with Gasteiger partial charge in [-0.3, -0.25) is 5.01 Å². The third kappa shape index (κ3) is 2.21. The molecule has 0 fully saturated rings. The first-order chi connectivity index (χ1) is 6.45. The molecule has 3 nitrogen and oxygen atoms in total. The number of hydrogen-bond acceptors (Lipinski definition) is 3. The van der Waals surface area contributed by atoms with Crippen molar-refractivity contribution in [3.8, 4) is 0 Å². The van der Waals surface area contributed by atoms with E-state index in [9.17, 15) is 0 Å². The molecule has 1 aliphatic heterocycles. The summed E-state index contributed by atoms with van der Waals surface area (Å²) in [5, 5.41) is 5.95. The second-order valence-corrected chi connectivity index (χ2v) is 2.98. The highest BCUT2D eigenvalue weighted by atomic mass is 16.5. The third-order valence-electron chi connectivity index (χ3n) is 2.01. The van der Waals surface area contributed by atoms with Gasteiger partial charge in [-0.05, 0) is 12.0 Å². The first-order valence-electron chi connectivity index (χ1n) is 4.38. The summed E-state index contributed by atoms with van der Waals surface area (Å²) in [4.78, 5) is 0. The molecular formula is C10H12N2O. The highest BCUT2D eigenvalue weighted by Gasteiger charge is 2.05. The van der Waals surface area contributed by atoms with Gasteiger partial charge in [0.1, 0.15) is 0 Å². The van der Waals surface area contributed by atoms with Crippen LogP contribution < -0.4 is 0 Å². The van der Waals surface area contributed by atoms with Crippen LogP contribution in [0.4, 0.5) is 0 Å². The van der Waals surface area contributed by atoms with Gasteiger partial charge in [-0.1, -0.05) is 30.3 Å². The summed E-state index contributed by atoms with van der Waals surface area (Å²) < 4.78 is 4.98. The molecule has 0 spiro atoms. The Balaban J connectivity index is 1.82. The summed E-state index contributed by atoms with van der Waals surface area (Å²) in [7, 11) is 0. The molecule has 1 aliphatic rings. The van der Waals surface area contributed by atoms with Crippen molar-refractivity contribution in [3.05, 3.63) is 35.9 Å². The van der Waals surface area contributed by atoms with Gasteiger partial charge in [0, 0.05) is 6.54 Å². The van der Waals surface area contributed by atoms with Crippen molar-refractivity contribution in [2.45, 2.75) is 6.42 Å². The largest absolute Gasteiger partial charge is 0.460 e. The van der Waals surface area contributed by atoms with Gasteiger partial charge in [0.25, 0.3) is 0 Å². The highest BCUT2D eigenvalue weighted by molar-refractivity contribution is 5.47. The summed E-state index contributed by atoms with van der Waals surface area (Å²) >= 11 is 0. The Morgan fingerprint density at radius 2 is 2.15 bits per heavy atom. The van der Waals surface area contributed by atoms with Crippen LogP contribution in [0.15, 0.2) is 35.4 Å². The van der Waals surface area contributed by atoms with Crippen LogP contribution >= 0.6 is 0 Å². The van der Waals surface area contributed by atoms with Crippen LogP contribution in [0, 0.1) is 0 Å². The number of rotatable bonds is 3. The molecule has 0 saturated carbocycles. The van der Waals surface area contributed by atoms with Crippen LogP contribution in [0.5, 0.6) is 0 Å². The van der Waals surface area contributed by atoms with Crippen LogP contribution in [-0.2, 0) is 11.2 Å². The Hall–Kier alpha value is -1.51. The third-order valence-corrected chi connectivity index (χ3v) is 2.01. The van der Waals surface area contributed by atoms with Crippen LogP contribution in [0.25, 0.3) is 0 Å². The topological polar surface area (TPSA) is 24.8 Å². The minimum Gasteiger partial charge on any atom is -0.460 e. The minimum atomic E-state index is 0.590. The van der Waals surface area contributed by atoms with E-state index in [1.807, 2.05) is 11.1 Å². The molecule has 1 aromatic rings. The molecule has 2 rings (SSSR count). The maximum atomic E-state index is 4.98. The zero-order chi connectivity index (χ0) is 8.93. The van der Waals surface area contributed by atoms with E-state index in [1.165, 1.54) is 12.0 Å². The van der Waals surface area contributed by atoms with Crippen molar-refractivity contribution in [2.75, 3.05) is 13.3 Å². The summed E-state index contributed by atoms with van der Waals surface area (Å²) in [5.41, 5.74) is 1.34. The monoisotopic (exact) mass is 176 g/mol. The lowest BCUT2D eigenvalue weighted by Gasteiger charge is -2.10. The van der Waals surface area contributed by atoms with Crippen molar-refractivity contribution in [1.29, 1.82) is 0 Å². The summed E-state index contributed by atoms with van der Waals surface area (Å²) in [6.07, 6.45) is 2.51. The SMILES string of the molecule is C1=NN(CCc2ccccc2)CO1. The Morgan fingerprint density at radius 3 is 2.85 bits per heavy atom. The van der Waals surface area contributed by atoms with Crippen molar-refractivity contribution in [2.24, 2.45) is 5.10 Å². The fourth-order valence-electron chi connectivity index (χ4n) is 1.28. The lowest BCUT2D eigenvalue weighted by Crippen LogP contribution is -2.17. The van der Waals surface area contributed by atoms with E-state index in [0.29, 0.717) is 6.73 Å². The van der Waals surface area contributed by atoms with E-state index in [-0.39, 0.29) is 0 Å². The van der Waals surface area contributed by atoms with Crippen LogP contribution in [-0.4, -0.2) is 24.7 Å². The summed E-state index contributed by atoms with van der Waals surface area (Å²) in [6.45, 7) is 1.51. The molecule has 0 saturated heterocycles. The molecule has 0 aromatic heterocycles. The Morgan fingerprint density at radius 1 is 1.31 bits per heavy atom. The Bertz CT molecular complexity index is 284. The predicted molar refractivity (Wildman–Crippen MR) is 51.3 cm³/mol. The average Bonchev–Trinajstić information content (AvgIpc) is 2.69. The Kier molecular flexibility index (Phi) is 2.45. The van der Waals surface area contributed by atoms with Crippen LogP contribution in [0.2, 0.25) is 0 Å². The number of benzene rings is 1.